The highest BCUT2D eigenvalue weighted by Crippen LogP contribution is 2.39. The maximum absolute atomic E-state index is 11.9. The molecule has 1 heterocycles. The third kappa shape index (κ3) is 2.09. The van der Waals surface area contributed by atoms with Crippen LogP contribution in [0.15, 0.2) is 12.5 Å². The van der Waals surface area contributed by atoms with Crippen LogP contribution in [0.4, 0.5) is 0 Å². The minimum absolute atomic E-state index is 0.138. The van der Waals surface area contributed by atoms with E-state index in [1.165, 1.54) is 0 Å². The summed E-state index contributed by atoms with van der Waals surface area (Å²) >= 11 is 0. The predicted molar refractivity (Wildman–Crippen MR) is 60.9 cm³/mol. The summed E-state index contributed by atoms with van der Waals surface area (Å²) in [6, 6.07) is 0. The van der Waals surface area contributed by atoms with E-state index in [2.05, 4.69) is 10.3 Å². The van der Waals surface area contributed by atoms with Gasteiger partial charge in [0.25, 0.3) is 5.91 Å². The minimum Gasteiger partial charge on any atom is -0.344 e. The molecule has 1 aliphatic rings. The van der Waals surface area contributed by atoms with Crippen molar-refractivity contribution in [2.75, 3.05) is 6.54 Å². The first-order valence-corrected chi connectivity index (χ1v) is 5.56. The molecule has 2 rings (SSSR count). The number of aromatic nitrogens is 2. The Hall–Kier alpha value is -1.36. The average molecular weight is 222 g/mol. The Balaban J connectivity index is 2.06. The highest BCUT2D eigenvalue weighted by Gasteiger charge is 2.41. The molecule has 1 aromatic rings. The Morgan fingerprint density at radius 1 is 1.75 bits per heavy atom. The van der Waals surface area contributed by atoms with Crippen LogP contribution in [0, 0.1) is 5.92 Å². The second-order valence-electron chi connectivity index (χ2n) is 4.77. The van der Waals surface area contributed by atoms with E-state index in [1.807, 2.05) is 14.0 Å². The summed E-state index contributed by atoms with van der Waals surface area (Å²) in [6.07, 6.45) is 5.62. The standard InChI is InChI=1S/C11H18N4O/c1-11(6-12,8-3-4-8)14-10(16)9-5-15(2)7-13-9/h5,7-8H,3-4,6,12H2,1-2H3,(H,14,16). The molecule has 0 aliphatic heterocycles. The molecule has 1 unspecified atom stereocenters. The Kier molecular flexibility index (Phi) is 2.71. The van der Waals surface area contributed by atoms with E-state index in [4.69, 9.17) is 5.73 Å². The highest BCUT2D eigenvalue weighted by atomic mass is 16.2. The lowest BCUT2D eigenvalue weighted by atomic mass is 9.96. The van der Waals surface area contributed by atoms with E-state index in [-0.39, 0.29) is 11.4 Å². The van der Waals surface area contributed by atoms with Crippen LogP contribution in [-0.2, 0) is 7.05 Å². The summed E-state index contributed by atoms with van der Waals surface area (Å²) in [5.41, 5.74) is 5.90. The van der Waals surface area contributed by atoms with Gasteiger partial charge in [-0.15, -0.1) is 0 Å². The van der Waals surface area contributed by atoms with Crippen molar-refractivity contribution in [3.05, 3.63) is 18.2 Å². The van der Waals surface area contributed by atoms with Gasteiger partial charge in [0.1, 0.15) is 5.69 Å². The molecular weight excluding hydrogens is 204 g/mol. The number of aryl methyl sites for hydroxylation is 1. The second kappa shape index (κ2) is 3.90. The number of carbonyl (C=O) groups excluding carboxylic acids is 1. The minimum atomic E-state index is -0.283. The highest BCUT2D eigenvalue weighted by molar-refractivity contribution is 5.92. The molecule has 3 N–H and O–H groups in total. The first-order chi connectivity index (χ1) is 7.55. The van der Waals surface area contributed by atoms with E-state index < -0.39 is 0 Å². The van der Waals surface area contributed by atoms with Crippen molar-refractivity contribution in [3.8, 4) is 0 Å². The van der Waals surface area contributed by atoms with Gasteiger partial charge in [-0.2, -0.15) is 0 Å². The van der Waals surface area contributed by atoms with Gasteiger partial charge in [-0.1, -0.05) is 0 Å². The van der Waals surface area contributed by atoms with E-state index in [0.29, 0.717) is 18.2 Å². The molecule has 0 radical (unpaired) electrons. The number of hydrogen-bond acceptors (Lipinski definition) is 3. The van der Waals surface area contributed by atoms with Crippen LogP contribution in [0.5, 0.6) is 0 Å². The van der Waals surface area contributed by atoms with Crippen molar-refractivity contribution in [2.24, 2.45) is 18.7 Å². The van der Waals surface area contributed by atoms with Gasteiger partial charge in [0, 0.05) is 19.8 Å². The number of nitrogens with one attached hydrogen (secondary N) is 1. The second-order valence-corrected chi connectivity index (χ2v) is 4.77. The first-order valence-electron chi connectivity index (χ1n) is 5.56. The molecule has 0 aromatic carbocycles. The summed E-state index contributed by atoms with van der Waals surface area (Å²) in [5, 5.41) is 2.99. The molecule has 0 saturated heterocycles. The van der Waals surface area contributed by atoms with E-state index in [0.717, 1.165) is 12.8 Å². The Morgan fingerprint density at radius 3 is 2.88 bits per heavy atom. The van der Waals surface area contributed by atoms with Gasteiger partial charge < -0.3 is 15.6 Å². The molecule has 1 amide bonds. The normalized spacial score (nSPS) is 19.2. The zero-order valence-electron chi connectivity index (χ0n) is 9.73. The van der Waals surface area contributed by atoms with Crippen molar-refractivity contribution in [1.29, 1.82) is 0 Å². The fourth-order valence-electron chi connectivity index (χ4n) is 1.89. The van der Waals surface area contributed by atoms with Gasteiger partial charge in [0.2, 0.25) is 0 Å². The molecule has 88 valence electrons. The smallest absolute Gasteiger partial charge is 0.271 e. The van der Waals surface area contributed by atoms with Crippen molar-refractivity contribution in [2.45, 2.75) is 25.3 Å². The molecule has 1 atom stereocenters. The number of amides is 1. The zero-order chi connectivity index (χ0) is 11.8. The Labute approximate surface area is 95.0 Å². The molecule has 5 heteroatoms. The number of rotatable bonds is 4. The van der Waals surface area contributed by atoms with Crippen LogP contribution in [0.1, 0.15) is 30.3 Å². The number of hydrogen-bond donors (Lipinski definition) is 2. The third-order valence-electron chi connectivity index (χ3n) is 3.24. The van der Waals surface area contributed by atoms with Crippen LogP contribution in [-0.4, -0.2) is 27.5 Å². The summed E-state index contributed by atoms with van der Waals surface area (Å²) < 4.78 is 1.76. The van der Waals surface area contributed by atoms with E-state index in [1.54, 1.807) is 17.1 Å². The number of nitrogens with zero attached hydrogens (tertiary/aromatic N) is 2. The van der Waals surface area contributed by atoms with Gasteiger partial charge in [-0.05, 0) is 25.7 Å². The molecule has 1 aliphatic carbocycles. The van der Waals surface area contributed by atoms with Crippen LogP contribution in [0.3, 0.4) is 0 Å². The molecule has 1 saturated carbocycles. The van der Waals surface area contributed by atoms with Gasteiger partial charge >= 0.3 is 0 Å². The summed E-state index contributed by atoms with van der Waals surface area (Å²) in [7, 11) is 1.84. The van der Waals surface area contributed by atoms with E-state index >= 15 is 0 Å². The SMILES string of the molecule is Cn1cnc(C(=O)NC(C)(CN)C2CC2)c1. The van der Waals surface area contributed by atoms with Crippen molar-refractivity contribution < 1.29 is 4.79 Å². The van der Waals surface area contributed by atoms with Gasteiger partial charge in [-0.3, -0.25) is 4.79 Å². The zero-order valence-corrected chi connectivity index (χ0v) is 9.73. The largest absolute Gasteiger partial charge is 0.344 e. The predicted octanol–water partition coefficient (Wildman–Crippen LogP) is 0.277. The Morgan fingerprint density at radius 2 is 2.44 bits per heavy atom. The molecule has 1 fully saturated rings. The van der Waals surface area contributed by atoms with Crippen LogP contribution >= 0.6 is 0 Å². The molecule has 1 aromatic heterocycles. The first kappa shape index (κ1) is 11.1. The molecule has 0 spiro atoms. The summed E-state index contributed by atoms with van der Waals surface area (Å²) in [4.78, 5) is 15.9. The summed E-state index contributed by atoms with van der Waals surface area (Å²) in [5.74, 6) is 0.380. The fourth-order valence-corrected chi connectivity index (χ4v) is 1.89. The van der Waals surface area contributed by atoms with Gasteiger partial charge in [0.15, 0.2) is 0 Å². The average Bonchev–Trinajstić information content (AvgIpc) is 3.02. The fraction of sp³-hybridized carbons (Fsp3) is 0.636. The third-order valence-corrected chi connectivity index (χ3v) is 3.24. The topological polar surface area (TPSA) is 72.9 Å². The lowest BCUT2D eigenvalue weighted by molar-refractivity contribution is 0.0893. The van der Waals surface area contributed by atoms with E-state index in [9.17, 15) is 4.79 Å². The Bertz CT molecular complexity index is 396. The molecule has 0 bridgehead atoms. The lowest BCUT2D eigenvalue weighted by Crippen LogP contribution is -2.53. The monoisotopic (exact) mass is 222 g/mol. The van der Waals surface area contributed by atoms with Crippen molar-refractivity contribution in [3.63, 3.8) is 0 Å². The van der Waals surface area contributed by atoms with Crippen molar-refractivity contribution >= 4 is 5.91 Å². The van der Waals surface area contributed by atoms with Crippen LogP contribution in [0.2, 0.25) is 0 Å². The maximum atomic E-state index is 11.9. The van der Waals surface area contributed by atoms with Crippen LogP contribution in [0.25, 0.3) is 0 Å². The molecular formula is C11H18N4O. The van der Waals surface area contributed by atoms with Gasteiger partial charge in [0.05, 0.1) is 11.9 Å². The number of imidazole rings is 1. The quantitative estimate of drug-likeness (QED) is 0.768. The molecule has 16 heavy (non-hydrogen) atoms. The number of nitrogens with two attached hydrogens (primary N) is 1. The maximum Gasteiger partial charge on any atom is 0.271 e. The summed E-state index contributed by atoms with van der Waals surface area (Å²) in [6.45, 7) is 2.47. The number of carbonyl (C=O) groups is 1. The lowest BCUT2D eigenvalue weighted by Gasteiger charge is -2.29. The van der Waals surface area contributed by atoms with Gasteiger partial charge in [-0.25, -0.2) is 4.98 Å². The van der Waals surface area contributed by atoms with Crippen molar-refractivity contribution in [1.82, 2.24) is 14.9 Å². The molecule has 5 nitrogen and oxygen atoms in total. The van der Waals surface area contributed by atoms with Crippen LogP contribution < -0.4 is 11.1 Å².